The molecule has 0 amide bonds. The Hall–Kier alpha value is -4.20. The molecular formula is C20H16N6O2. The zero-order valence-electron chi connectivity index (χ0n) is 14.6. The van der Waals surface area contributed by atoms with Crippen molar-refractivity contribution in [3.05, 3.63) is 72.7 Å². The van der Waals surface area contributed by atoms with Crippen LogP contribution in [0.2, 0.25) is 0 Å². The lowest BCUT2D eigenvalue weighted by Crippen LogP contribution is -2.05. The van der Waals surface area contributed by atoms with Gasteiger partial charge in [0.15, 0.2) is 11.6 Å². The van der Waals surface area contributed by atoms with Crippen molar-refractivity contribution in [3.8, 4) is 0 Å². The molecule has 0 fully saturated rings. The lowest BCUT2D eigenvalue weighted by atomic mass is 10.2. The summed E-state index contributed by atoms with van der Waals surface area (Å²) in [5.74, 6) is -0.112. The number of anilines is 5. The van der Waals surface area contributed by atoms with Crippen LogP contribution in [0.5, 0.6) is 0 Å². The summed E-state index contributed by atoms with van der Waals surface area (Å²) in [5, 5.41) is 16.2. The van der Waals surface area contributed by atoms with E-state index in [1.165, 1.54) is 18.5 Å². The first kappa shape index (κ1) is 17.2. The second-order valence-electron chi connectivity index (χ2n) is 5.99. The highest BCUT2D eigenvalue weighted by molar-refractivity contribution is 5.94. The van der Waals surface area contributed by atoms with Crippen molar-refractivity contribution < 1.29 is 9.90 Å². The molecule has 0 aliphatic carbocycles. The Morgan fingerprint density at radius 2 is 1.64 bits per heavy atom. The van der Waals surface area contributed by atoms with Crippen molar-refractivity contribution in [2.45, 2.75) is 0 Å². The van der Waals surface area contributed by atoms with E-state index in [-0.39, 0.29) is 5.56 Å². The summed E-state index contributed by atoms with van der Waals surface area (Å²) >= 11 is 0. The van der Waals surface area contributed by atoms with Crippen molar-refractivity contribution in [2.24, 2.45) is 0 Å². The fraction of sp³-hybridized carbons (Fsp3) is 0. The number of aromatic nitrogens is 3. The first-order valence-electron chi connectivity index (χ1n) is 8.43. The van der Waals surface area contributed by atoms with E-state index in [4.69, 9.17) is 10.8 Å². The van der Waals surface area contributed by atoms with Gasteiger partial charge in [-0.05, 0) is 48.5 Å². The predicted molar refractivity (Wildman–Crippen MR) is 108 cm³/mol. The van der Waals surface area contributed by atoms with Crippen LogP contribution in [-0.4, -0.2) is 26.0 Å². The number of carboxylic acid groups (broad SMARTS) is 1. The van der Waals surface area contributed by atoms with E-state index in [0.29, 0.717) is 23.0 Å². The molecule has 0 radical (unpaired) electrons. The number of nitrogens with one attached hydrogen (secondary N) is 2. The summed E-state index contributed by atoms with van der Waals surface area (Å²) in [6.45, 7) is 0. The van der Waals surface area contributed by atoms with Gasteiger partial charge in [0.1, 0.15) is 12.0 Å². The van der Waals surface area contributed by atoms with Gasteiger partial charge in [-0.1, -0.05) is 6.07 Å². The van der Waals surface area contributed by atoms with E-state index in [2.05, 4.69) is 25.6 Å². The molecule has 4 aromatic rings. The number of nitrogens with zero attached hydrogens (tertiary/aromatic N) is 3. The number of nitrogens with two attached hydrogens (primary N) is 1. The second-order valence-corrected chi connectivity index (χ2v) is 5.99. The minimum absolute atomic E-state index is 0.202. The first-order valence-corrected chi connectivity index (χ1v) is 8.43. The summed E-state index contributed by atoms with van der Waals surface area (Å²) in [6, 6.07) is 15.9. The number of aromatic carboxylic acids is 1. The van der Waals surface area contributed by atoms with Gasteiger partial charge in [0, 0.05) is 23.0 Å². The fourth-order valence-electron chi connectivity index (χ4n) is 2.77. The largest absolute Gasteiger partial charge is 0.478 e. The van der Waals surface area contributed by atoms with E-state index in [0.717, 1.165) is 16.6 Å². The van der Waals surface area contributed by atoms with Gasteiger partial charge in [-0.3, -0.25) is 4.98 Å². The van der Waals surface area contributed by atoms with E-state index in [9.17, 15) is 4.79 Å². The molecule has 0 saturated heterocycles. The highest BCUT2D eigenvalue weighted by atomic mass is 16.4. The number of hydrogen-bond acceptors (Lipinski definition) is 7. The molecule has 2 aromatic heterocycles. The van der Waals surface area contributed by atoms with E-state index >= 15 is 0 Å². The molecule has 5 N–H and O–H groups in total. The summed E-state index contributed by atoms with van der Waals surface area (Å²) in [4.78, 5) is 23.7. The molecule has 28 heavy (non-hydrogen) atoms. The molecule has 2 heterocycles. The highest BCUT2D eigenvalue weighted by Crippen LogP contribution is 2.30. The summed E-state index contributed by atoms with van der Waals surface area (Å²) in [6.07, 6.45) is 3.14. The minimum Gasteiger partial charge on any atom is -0.478 e. The first-order chi connectivity index (χ1) is 13.6. The average molecular weight is 372 g/mol. The number of carbonyl (C=O) groups is 1. The van der Waals surface area contributed by atoms with Crippen molar-refractivity contribution in [1.29, 1.82) is 0 Å². The Kier molecular flexibility index (Phi) is 4.43. The van der Waals surface area contributed by atoms with Crippen LogP contribution in [0.3, 0.4) is 0 Å². The number of carboxylic acids is 1. The summed E-state index contributed by atoms with van der Waals surface area (Å²) in [7, 11) is 0. The Morgan fingerprint density at radius 1 is 0.893 bits per heavy atom. The molecule has 0 aliphatic rings. The van der Waals surface area contributed by atoms with Crippen molar-refractivity contribution >= 4 is 45.6 Å². The standard InChI is InChI=1S/C20H16N6O2/c21-17-18(25-13-8-6-12(7-9-13)20(27)28)23-11-24-19(17)26-16-5-1-4-15-14(16)3-2-10-22-15/h1-11H,21H2,(H,27,28)(H2,23,24,25,26). The number of hydrogen-bond donors (Lipinski definition) is 4. The molecule has 0 aliphatic heterocycles. The van der Waals surface area contributed by atoms with Crippen LogP contribution in [0.25, 0.3) is 10.9 Å². The normalized spacial score (nSPS) is 10.6. The lowest BCUT2D eigenvalue weighted by molar-refractivity contribution is 0.0697. The van der Waals surface area contributed by atoms with E-state index < -0.39 is 5.97 Å². The number of rotatable bonds is 5. The maximum Gasteiger partial charge on any atom is 0.335 e. The van der Waals surface area contributed by atoms with Gasteiger partial charge in [-0.15, -0.1) is 0 Å². The van der Waals surface area contributed by atoms with Gasteiger partial charge in [0.05, 0.1) is 11.1 Å². The number of pyridine rings is 1. The summed E-state index contributed by atoms with van der Waals surface area (Å²) < 4.78 is 0. The van der Waals surface area contributed by atoms with Gasteiger partial charge in [-0.2, -0.15) is 0 Å². The maximum atomic E-state index is 11.0. The van der Waals surface area contributed by atoms with Crippen LogP contribution in [0.1, 0.15) is 10.4 Å². The monoisotopic (exact) mass is 372 g/mol. The Morgan fingerprint density at radius 3 is 2.39 bits per heavy atom. The molecule has 0 unspecified atom stereocenters. The molecule has 4 rings (SSSR count). The minimum atomic E-state index is -0.982. The van der Waals surface area contributed by atoms with Crippen molar-refractivity contribution in [3.63, 3.8) is 0 Å². The Balaban J connectivity index is 1.62. The molecule has 8 heteroatoms. The summed E-state index contributed by atoms with van der Waals surface area (Å²) in [5.41, 5.74) is 9.13. The van der Waals surface area contributed by atoms with Gasteiger partial charge in [-0.25, -0.2) is 14.8 Å². The smallest absolute Gasteiger partial charge is 0.335 e. The molecule has 2 aromatic carbocycles. The third-order valence-corrected chi connectivity index (χ3v) is 4.18. The quantitative estimate of drug-likeness (QED) is 0.417. The third kappa shape index (κ3) is 3.38. The number of benzene rings is 2. The van der Waals surface area contributed by atoms with Gasteiger partial charge in [0.2, 0.25) is 0 Å². The van der Waals surface area contributed by atoms with E-state index in [1.54, 1.807) is 18.3 Å². The maximum absolute atomic E-state index is 11.0. The van der Waals surface area contributed by atoms with Crippen LogP contribution in [0.15, 0.2) is 67.1 Å². The van der Waals surface area contributed by atoms with Gasteiger partial charge in [0.25, 0.3) is 0 Å². The SMILES string of the molecule is Nc1c(Nc2ccc(C(=O)O)cc2)ncnc1Nc1cccc2ncccc12. The molecule has 8 nitrogen and oxygen atoms in total. The van der Waals surface area contributed by atoms with Crippen LogP contribution in [-0.2, 0) is 0 Å². The lowest BCUT2D eigenvalue weighted by Gasteiger charge is -2.13. The second kappa shape index (κ2) is 7.20. The molecule has 0 bridgehead atoms. The predicted octanol–water partition coefficient (Wildman–Crippen LogP) is 3.79. The van der Waals surface area contributed by atoms with Crippen LogP contribution in [0.4, 0.5) is 28.7 Å². The zero-order chi connectivity index (χ0) is 19.5. The van der Waals surface area contributed by atoms with E-state index in [1.807, 2.05) is 30.3 Å². The average Bonchev–Trinajstić information content (AvgIpc) is 2.71. The molecule has 0 saturated carbocycles. The number of nitrogen functional groups attached to an aromatic ring is 1. The van der Waals surface area contributed by atoms with Crippen LogP contribution < -0.4 is 16.4 Å². The molecular weight excluding hydrogens is 356 g/mol. The third-order valence-electron chi connectivity index (χ3n) is 4.18. The topological polar surface area (TPSA) is 126 Å². The Bertz CT molecular complexity index is 1160. The number of fused-ring (bicyclic) bond motifs is 1. The molecule has 0 atom stereocenters. The molecule has 0 spiro atoms. The van der Waals surface area contributed by atoms with Crippen LogP contribution in [0, 0.1) is 0 Å². The van der Waals surface area contributed by atoms with Crippen LogP contribution >= 0.6 is 0 Å². The molecule has 138 valence electrons. The zero-order valence-corrected chi connectivity index (χ0v) is 14.6. The highest BCUT2D eigenvalue weighted by Gasteiger charge is 2.11. The van der Waals surface area contributed by atoms with Gasteiger partial charge < -0.3 is 21.5 Å². The van der Waals surface area contributed by atoms with Crippen molar-refractivity contribution in [1.82, 2.24) is 15.0 Å². The Labute approximate surface area is 160 Å². The van der Waals surface area contributed by atoms with Crippen molar-refractivity contribution in [2.75, 3.05) is 16.4 Å². The van der Waals surface area contributed by atoms with Gasteiger partial charge >= 0.3 is 5.97 Å². The fourth-order valence-corrected chi connectivity index (χ4v) is 2.77.